The molecule has 0 aromatic heterocycles. The Morgan fingerprint density at radius 1 is 0.731 bits per heavy atom. The van der Waals surface area contributed by atoms with Gasteiger partial charge in [-0.05, 0) is 24.6 Å². The molecule has 1 amide bonds. The molecule has 3 heteroatoms. The number of nitrogens with one attached hydrogen (secondary N) is 2. The number of hydrogen-bond acceptors (Lipinski definition) is 2. The zero-order valence-electron chi connectivity index (χ0n) is 14.7. The lowest BCUT2D eigenvalue weighted by Crippen LogP contribution is -2.38. The van der Waals surface area contributed by atoms with Gasteiger partial charge in [-0.3, -0.25) is 4.79 Å². The molecule has 1 unspecified atom stereocenters. The maximum absolute atomic E-state index is 11.9. The molecule has 3 aromatic rings. The van der Waals surface area contributed by atoms with E-state index in [9.17, 15) is 4.79 Å². The molecule has 1 aliphatic rings. The van der Waals surface area contributed by atoms with Gasteiger partial charge in [0, 0.05) is 5.69 Å². The van der Waals surface area contributed by atoms with Gasteiger partial charge in [0.2, 0.25) is 0 Å². The Bertz CT molecular complexity index is 842. The van der Waals surface area contributed by atoms with Crippen molar-refractivity contribution in [3.8, 4) is 12.8 Å². The van der Waals surface area contributed by atoms with Crippen molar-refractivity contribution in [2.45, 2.75) is 13.1 Å². The SMILES string of the molecule is C#C.Cc1ccccc1.O=C1NC(c2ccccc2)Nc2ccccc21. The van der Waals surface area contributed by atoms with E-state index in [-0.39, 0.29) is 12.1 Å². The number of hydrogen-bond donors (Lipinski definition) is 2. The number of rotatable bonds is 1. The maximum atomic E-state index is 11.9. The number of fused-ring (bicyclic) bond motifs is 1. The van der Waals surface area contributed by atoms with E-state index < -0.39 is 0 Å². The minimum absolute atomic E-state index is 0.0341. The molecule has 1 atom stereocenters. The van der Waals surface area contributed by atoms with Crippen molar-refractivity contribution in [1.29, 1.82) is 0 Å². The summed E-state index contributed by atoms with van der Waals surface area (Å²) in [7, 11) is 0. The molecule has 2 N–H and O–H groups in total. The summed E-state index contributed by atoms with van der Waals surface area (Å²) in [6.45, 7) is 2.08. The predicted octanol–water partition coefficient (Wildman–Crippen LogP) is 4.79. The Morgan fingerprint density at radius 3 is 1.85 bits per heavy atom. The summed E-state index contributed by atoms with van der Waals surface area (Å²) < 4.78 is 0. The van der Waals surface area contributed by atoms with Gasteiger partial charge in [-0.25, -0.2) is 0 Å². The summed E-state index contributed by atoms with van der Waals surface area (Å²) >= 11 is 0. The van der Waals surface area contributed by atoms with Crippen LogP contribution >= 0.6 is 0 Å². The first kappa shape index (κ1) is 18.8. The fourth-order valence-corrected chi connectivity index (χ4v) is 2.55. The lowest BCUT2D eigenvalue weighted by Gasteiger charge is -2.28. The van der Waals surface area contributed by atoms with Crippen LogP contribution < -0.4 is 10.6 Å². The Labute approximate surface area is 155 Å². The third-order valence-corrected chi connectivity index (χ3v) is 3.82. The van der Waals surface area contributed by atoms with Gasteiger partial charge in [-0.2, -0.15) is 0 Å². The van der Waals surface area contributed by atoms with Crippen molar-refractivity contribution in [3.63, 3.8) is 0 Å². The molecule has 0 aliphatic carbocycles. The standard InChI is InChI=1S/C14H12N2O.C7H8.C2H2/c17-14-11-8-4-5-9-12(11)15-13(16-14)10-6-2-1-3-7-10;1-7-5-3-2-4-6-7;1-2/h1-9,13,15H,(H,16,17);2-6H,1H3;1-2H. The first-order valence-electron chi connectivity index (χ1n) is 8.30. The highest BCUT2D eigenvalue weighted by Crippen LogP contribution is 2.25. The average Bonchev–Trinajstić information content (AvgIpc) is 2.71. The van der Waals surface area contributed by atoms with Crippen molar-refractivity contribution in [2.75, 3.05) is 5.32 Å². The molecular weight excluding hydrogens is 320 g/mol. The lowest BCUT2D eigenvalue weighted by molar-refractivity contribution is 0.0935. The number of terminal acetylenes is 1. The smallest absolute Gasteiger partial charge is 0.255 e. The van der Waals surface area contributed by atoms with Crippen molar-refractivity contribution in [1.82, 2.24) is 5.32 Å². The molecule has 0 radical (unpaired) electrons. The molecule has 0 saturated heterocycles. The summed E-state index contributed by atoms with van der Waals surface area (Å²) in [5.74, 6) is -0.0341. The van der Waals surface area contributed by atoms with Crippen LogP contribution in [0.25, 0.3) is 0 Å². The van der Waals surface area contributed by atoms with E-state index in [2.05, 4.69) is 42.5 Å². The second-order valence-electron chi connectivity index (χ2n) is 5.66. The van der Waals surface area contributed by atoms with Crippen molar-refractivity contribution in [2.24, 2.45) is 0 Å². The molecule has 26 heavy (non-hydrogen) atoms. The number of anilines is 1. The predicted molar refractivity (Wildman–Crippen MR) is 108 cm³/mol. The zero-order valence-corrected chi connectivity index (χ0v) is 14.7. The average molecular weight is 342 g/mol. The molecule has 1 heterocycles. The van der Waals surface area contributed by atoms with E-state index >= 15 is 0 Å². The van der Waals surface area contributed by atoms with Gasteiger partial charge < -0.3 is 10.6 Å². The summed E-state index contributed by atoms with van der Waals surface area (Å²) in [5.41, 5.74) is 3.95. The topological polar surface area (TPSA) is 41.1 Å². The second kappa shape index (κ2) is 9.71. The van der Waals surface area contributed by atoms with Crippen LogP contribution in [0.3, 0.4) is 0 Å². The Morgan fingerprint density at radius 2 is 1.27 bits per heavy atom. The molecular formula is C23H22N2O. The molecule has 1 aliphatic heterocycles. The number of carbonyl (C=O) groups is 1. The zero-order chi connectivity index (χ0) is 18.8. The Balaban J connectivity index is 0.000000227. The highest BCUT2D eigenvalue weighted by atomic mass is 16.2. The van der Waals surface area contributed by atoms with Gasteiger partial charge in [-0.15, -0.1) is 12.8 Å². The number of amides is 1. The van der Waals surface area contributed by atoms with Crippen LogP contribution in [0.4, 0.5) is 5.69 Å². The number of para-hydroxylation sites is 1. The minimum Gasteiger partial charge on any atom is -0.361 e. The van der Waals surface area contributed by atoms with E-state index in [1.54, 1.807) is 0 Å². The van der Waals surface area contributed by atoms with Gasteiger partial charge >= 0.3 is 0 Å². The number of benzene rings is 3. The Kier molecular flexibility index (Phi) is 7.03. The second-order valence-corrected chi connectivity index (χ2v) is 5.66. The lowest BCUT2D eigenvalue weighted by atomic mass is 10.1. The van der Waals surface area contributed by atoms with Gasteiger partial charge in [-0.1, -0.05) is 78.4 Å². The van der Waals surface area contributed by atoms with Crippen molar-refractivity contribution in [3.05, 3.63) is 102 Å². The van der Waals surface area contributed by atoms with Crippen LogP contribution in [0.2, 0.25) is 0 Å². The van der Waals surface area contributed by atoms with Gasteiger partial charge in [0.25, 0.3) is 5.91 Å². The quantitative estimate of drug-likeness (QED) is 0.625. The van der Waals surface area contributed by atoms with Crippen LogP contribution in [0.1, 0.15) is 27.7 Å². The van der Waals surface area contributed by atoms with E-state index in [1.165, 1.54) is 5.56 Å². The molecule has 0 spiro atoms. The van der Waals surface area contributed by atoms with Gasteiger partial charge in [0.05, 0.1) is 5.56 Å². The van der Waals surface area contributed by atoms with Crippen LogP contribution in [0.5, 0.6) is 0 Å². The van der Waals surface area contributed by atoms with Crippen LogP contribution in [-0.2, 0) is 0 Å². The Hall–Kier alpha value is -3.51. The molecule has 3 aromatic carbocycles. The van der Waals surface area contributed by atoms with Gasteiger partial charge in [0.15, 0.2) is 0 Å². The highest BCUT2D eigenvalue weighted by Gasteiger charge is 2.23. The third-order valence-electron chi connectivity index (χ3n) is 3.82. The third kappa shape index (κ3) is 4.99. The van der Waals surface area contributed by atoms with Gasteiger partial charge in [0.1, 0.15) is 6.17 Å². The molecule has 0 bridgehead atoms. The largest absolute Gasteiger partial charge is 0.361 e. The molecule has 130 valence electrons. The normalized spacial score (nSPS) is 14.1. The summed E-state index contributed by atoms with van der Waals surface area (Å²) in [4.78, 5) is 11.9. The van der Waals surface area contributed by atoms with Crippen LogP contribution in [-0.4, -0.2) is 5.91 Å². The van der Waals surface area contributed by atoms with E-state index in [4.69, 9.17) is 0 Å². The molecule has 3 nitrogen and oxygen atoms in total. The number of aryl methyl sites for hydroxylation is 1. The van der Waals surface area contributed by atoms with Crippen molar-refractivity contribution < 1.29 is 4.79 Å². The molecule has 0 fully saturated rings. The van der Waals surface area contributed by atoms with E-state index in [0.717, 1.165) is 11.3 Å². The highest BCUT2D eigenvalue weighted by molar-refractivity contribution is 6.01. The maximum Gasteiger partial charge on any atom is 0.255 e. The molecule has 0 saturated carbocycles. The van der Waals surface area contributed by atoms with E-state index in [1.807, 2.05) is 72.8 Å². The summed E-state index contributed by atoms with van der Waals surface area (Å²) in [6, 6.07) is 27.7. The van der Waals surface area contributed by atoms with E-state index in [0.29, 0.717) is 5.56 Å². The fraction of sp³-hybridized carbons (Fsp3) is 0.0870. The molecule has 4 rings (SSSR count). The number of carbonyl (C=O) groups excluding carboxylic acids is 1. The van der Waals surface area contributed by atoms with Crippen molar-refractivity contribution >= 4 is 11.6 Å². The fourth-order valence-electron chi connectivity index (χ4n) is 2.55. The summed E-state index contributed by atoms with van der Waals surface area (Å²) in [5, 5.41) is 6.25. The van der Waals surface area contributed by atoms with Crippen LogP contribution in [0, 0.1) is 19.8 Å². The minimum atomic E-state index is -0.154. The summed E-state index contributed by atoms with van der Waals surface area (Å²) in [6.07, 6.45) is 7.85. The monoisotopic (exact) mass is 342 g/mol. The first-order valence-corrected chi connectivity index (χ1v) is 8.30. The van der Waals surface area contributed by atoms with Crippen LogP contribution in [0.15, 0.2) is 84.9 Å². The first-order chi connectivity index (χ1) is 12.7.